The average Bonchev–Trinajstić information content (AvgIpc) is 3.55. The molecule has 192 valence electrons. The molecule has 1 fully saturated rings. The lowest BCUT2D eigenvalue weighted by atomic mass is 10.0. The van der Waals surface area contributed by atoms with E-state index in [0.29, 0.717) is 53.7 Å². The summed E-state index contributed by atoms with van der Waals surface area (Å²) in [7, 11) is 3.12. The third-order valence-corrected chi connectivity index (χ3v) is 7.02. The van der Waals surface area contributed by atoms with E-state index in [-0.39, 0.29) is 11.8 Å². The standard InChI is InChI=1S/C28H36N4O4/c1-5-22-28(31(6-2)26(33)16-11-19-9-7-8-10-19)32-18-20(12-15-25(32)30-22)27(34)29-21-13-14-23(35-3)24(17-21)36-4/h12-15,17-19H,5-11,16H2,1-4H3,(H,29,34). The zero-order chi connectivity index (χ0) is 25.7. The lowest BCUT2D eigenvalue weighted by Gasteiger charge is -2.22. The first-order valence-corrected chi connectivity index (χ1v) is 12.8. The Morgan fingerprint density at radius 2 is 1.83 bits per heavy atom. The molecule has 36 heavy (non-hydrogen) atoms. The molecule has 1 N–H and O–H groups in total. The molecular formula is C28H36N4O4. The fourth-order valence-electron chi connectivity index (χ4n) is 5.06. The van der Waals surface area contributed by atoms with E-state index in [9.17, 15) is 9.59 Å². The van der Waals surface area contributed by atoms with Crippen LogP contribution in [-0.4, -0.2) is 42.0 Å². The van der Waals surface area contributed by atoms with Gasteiger partial charge in [0.25, 0.3) is 5.91 Å². The molecular weight excluding hydrogens is 456 g/mol. The number of hydrogen-bond acceptors (Lipinski definition) is 5. The van der Waals surface area contributed by atoms with Crippen LogP contribution in [0.5, 0.6) is 11.5 Å². The molecule has 0 radical (unpaired) electrons. The summed E-state index contributed by atoms with van der Waals surface area (Å²) in [4.78, 5) is 33.0. The highest BCUT2D eigenvalue weighted by Gasteiger charge is 2.24. The molecule has 2 aromatic heterocycles. The highest BCUT2D eigenvalue weighted by Crippen LogP contribution is 2.31. The number of carbonyl (C=O) groups is 2. The number of nitrogens with one attached hydrogen (secondary N) is 1. The molecule has 8 heteroatoms. The number of nitrogens with zero attached hydrogens (tertiary/aromatic N) is 3. The Morgan fingerprint density at radius 3 is 2.50 bits per heavy atom. The molecule has 0 saturated heterocycles. The molecule has 1 aromatic carbocycles. The molecule has 4 rings (SSSR count). The van der Waals surface area contributed by atoms with E-state index >= 15 is 0 Å². The second-order valence-corrected chi connectivity index (χ2v) is 9.23. The minimum atomic E-state index is -0.266. The van der Waals surface area contributed by atoms with Crippen molar-refractivity contribution in [2.24, 2.45) is 5.92 Å². The van der Waals surface area contributed by atoms with Gasteiger partial charge in [-0.2, -0.15) is 0 Å². The second kappa shape index (κ2) is 11.5. The van der Waals surface area contributed by atoms with Crippen molar-refractivity contribution < 1.29 is 19.1 Å². The molecule has 0 atom stereocenters. The topological polar surface area (TPSA) is 85.2 Å². The molecule has 2 amide bonds. The number of amides is 2. The van der Waals surface area contributed by atoms with Crippen molar-refractivity contribution in [2.45, 2.75) is 58.8 Å². The molecule has 0 aliphatic heterocycles. The van der Waals surface area contributed by atoms with Gasteiger partial charge in [-0.05, 0) is 49.9 Å². The monoisotopic (exact) mass is 492 g/mol. The lowest BCUT2D eigenvalue weighted by molar-refractivity contribution is -0.118. The summed E-state index contributed by atoms with van der Waals surface area (Å²) in [5.74, 6) is 2.38. The first-order chi connectivity index (χ1) is 17.5. The number of anilines is 2. The Kier molecular flexibility index (Phi) is 8.13. The van der Waals surface area contributed by atoms with E-state index in [0.717, 1.165) is 17.9 Å². The number of benzene rings is 1. The molecule has 0 unspecified atom stereocenters. The fraction of sp³-hybridized carbons (Fsp3) is 0.464. The smallest absolute Gasteiger partial charge is 0.257 e. The number of aromatic nitrogens is 2. The summed E-state index contributed by atoms with van der Waals surface area (Å²) < 4.78 is 12.5. The number of aryl methyl sites for hydroxylation is 1. The maximum Gasteiger partial charge on any atom is 0.257 e. The summed E-state index contributed by atoms with van der Waals surface area (Å²) in [6.07, 6.45) is 8.94. The normalized spacial score (nSPS) is 13.7. The van der Waals surface area contributed by atoms with Gasteiger partial charge in [0.2, 0.25) is 5.91 Å². The SMILES string of the molecule is CCc1nc2ccc(C(=O)Nc3ccc(OC)c(OC)c3)cn2c1N(CC)C(=O)CCC1CCCC1. The van der Waals surface area contributed by atoms with Gasteiger partial charge in [-0.25, -0.2) is 4.98 Å². The predicted molar refractivity (Wildman–Crippen MR) is 141 cm³/mol. The van der Waals surface area contributed by atoms with E-state index in [1.807, 2.05) is 29.2 Å². The van der Waals surface area contributed by atoms with Crippen LogP contribution in [0.15, 0.2) is 36.5 Å². The van der Waals surface area contributed by atoms with Gasteiger partial charge in [0.1, 0.15) is 11.5 Å². The molecule has 2 heterocycles. The van der Waals surface area contributed by atoms with Crippen LogP contribution in [0, 0.1) is 5.92 Å². The van der Waals surface area contributed by atoms with Gasteiger partial charge in [0.15, 0.2) is 11.5 Å². The maximum absolute atomic E-state index is 13.3. The van der Waals surface area contributed by atoms with Gasteiger partial charge in [-0.1, -0.05) is 32.6 Å². The van der Waals surface area contributed by atoms with E-state index in [4.69, 9.17) is 14.5 Å². The van der Waals surface area contributed by atoms with Crippen LogP contribution < -0.4 is 19.7 Å². The zero-order valence-electron chi connectivity index (χ0n) is 21.7. The van der Waals surface area contributed by atoms with Gasteiger partial charge in [-0.3, -0.25) is 18.9 Å². The highest BCUT2D eigenvalue weighted by molar-refractivity contribution is 6.04. The van der Waals surface area contributed by atoms with Crippen LogP contribution in [0.1, 0.15) is 68.4 Å². The fourth-order valence-corrected chi connectivity index (χ4v) is 5.06. The van der Waals surface area contributed by atoms with Crippen LogP contribution >= 0.6 is 0 Å². The number of ether oxygens (including phenoxy) is 2. The van der Waals surface area contributed by atoms with Crippen LogP contribution in [0.3, 0.4) is 0 Å². The Labute approximate surface area is 212 Å². The van der Waals surface area contributed by atoms with E-state index in [1.165, 1.54) is 25.7 Å². The Hall–Kier alpha value is -3.55. The number of imidazole rings is 1. The van der Waals surface area contributed by atoms with Crippen LogP contribution in [0.4, 0.5) is 11.5 Å². The first-order valence-electron chi connectivity index (χ1n) is 12.8. The van der Waals surface area contributed by atoms with Gasteiger partial charge in [0, 0.05) is 30.9 Å². The number of pyridine rings is 1. The van der Waals surface area contributed by atoms with Gasteiger partial charge < -0.3 is 14.8 Å². The number of carbonyl (C=O) groups excluding carboxylic acids is 2. The molecule has 1 aliphatic rings. The van der Waals surface area contributed by atoms with Crippen molar-refractivity contribution in [3.63, 3.8) is 0 Å². The summed E-state index contributed by atoms with van der Waals surface area (Å²) in [6.45, 7) is 4.57. The average molecular weight is 493 g/mol. The Bertz CT molecular complexity index is 1230. The van der Waals surface area contributed by atoms with Gasteiger partial charge >= 0.3 is 0 Å². The molecule has 3 aromatic rings. The largest absolute Gasteiger partial charge is 0.493 e. The van der Waals surface area contributed by atoms with Crippen molar-refractivity contribution in [3.8, 4) is 11.5 Å². The van der Waals surface area contributed by atoms with Crippen molar-refractivity contribution in [3.05, 3.63) is 47.8 Å². The van der Waals surface area contributed by atoms with Crippen LogP contribution in [0.25, 0.3) is 5.65 Å². The number of rotatable bonds is 10. The Morgan fingerprint density at radius 1 is 1.08 bits per heavy atom. The third-order valence-electron chi connectivity index (χ3n) is 7.02. The van der Waals surface area contributed by atoms with E-state index in [1.54, 1.807) is 44.7 Å². The summed E-state index contributed by atoms with van der Waals surface area (Å²) in [6, 6.07) is 8.80. The first kappa shape index (κ1) is 25.5. The molecule has 1 aliphatic carbocycles. The number of fused-ring (bicyclic) bond motifs is 1. The molecule has 0 spiro atoms. The summed E-state index contributed by atoms with van der Waals surface area (Å²) >= 11 is 0. The molecule has 0 bridgehead atoms. The Balaban J connectivity index is 1.60. The lowest BCUT2D eigenvalue weighted by Crippen LogP contribution is -2.32. The zero-order valence-corrected chi connectivity index (χ0v) is 21.7. The van der Waals surface area contributed by atoms with Crippen molar-refractivity contribution in [2.75, 3.05) is 31.0 Å². The van der Waals surface area contributed by atoms with E-state index < -0.39 is 0 Å². The number of methoxy groups -OCH3 is 2. The number of hydrogen-bond donors (Lipinski definition) is 1. The van der Waals surface area contributed by atoms with Crippen LogP contribution in [0.2, 0.25) is 0 Å². The highest BCUT2D eigenvalue weighted by atomic mass is 16.5. The summed E-state index contributed by atoms with van der Waals surface area (Å²) in [5, 5.41) is 2.92. The van der Waals surface area contributed by atoms with Crippen molar-refractivity contribution in [1.29, 1.82) is 0 Å². The summed E-state index contributed by atoms with van der Waals surface area (Å²) in [5.41, 5.74) is 2.62. The van der Waals surface area contributed by atoms with Crippen LogP contribution in [-0.2, 0) is 11.2 Å². The molecule has 1 saturated carbocycles. The third kappa shape index (κ3) is 5.32. The van der Waals surface area contributed by atoms with Gasteiger partial charge in [-0.15, -0.1) is 0 Å². The minimum Gasteiger partial charge on any atom is -0.493 e. The quantitative estimate of drug-likeness (QED) is 0.405. The predicted octanol–water partition coefficient (Wildman–Crippen LogP) is 5.49. The second-order valence-electron chi connectivity index (χ2n) is 9.23. The van der Waals surface area contributed by atoms with Gasteiger partial charge in [0.05, 0.1) is 25.5 Å². The minimum absolute atomic E-state index is 0.112. The van der Waals surface area contributed by atoms with E-state index in [2.05, 4.69) is 5.32 Å². The van der Waals surface area contributed by atoms with Crippen molar-refractivity contribution >= 4 is 29.0 Å². The van der Waals surface area contributed by atoms with Crippen molar-refractivity contribution in [1.82, 2.24) is 9.38 Å². The molecule has 8 nitrogen and oxygen atoms in total. The maximum atomic E-state index is 13.3.